The van der Waals surface area contributed by atoms with E-state index < -0.39 is 0 Å². The number of para-hydroxylation sites is 5. The third-order valence-electron chi connectivity index (χ3n) is 28.5. The Kier molecular flexibility index (Phi) is 20.6. The standard InChI is InChI=1S/C136H90N4/c1-2-39-111(40-3-1)139-131-55-18-14-47-126(131)135-124(51-25-57-133(135)139)108-37-21-36-107(86-108)123-46-13-17-54-130(123)138(116-84-77-91-27-4-5-30-103(91)88-116)114-82-75-97(76-83-114)94-63-69-102(70-64-94)128-90-110(87-105-31-8-11-44-121(105)128)104-34-22-41-115(89-104)140-132-56-19-15-48-127(132)136-125(52-26-58-134(136)140)109-38-20-35-106(85-109)122-45-12-16-53-129(122)137(112-78-71-95(72-79-112)92-59-65-100(66-60-92)119-49-23-32-98-28-6-9-42-117(98)119)113-80-73-96(74-81-113)93-61-67-101(68-62-93)120-50-24-33-99-29-7-10-43-118(99)120/h1-90H. The summed E-state index contributed by atoms with van der Waals surface area (Å²) in [7, 11) is 0. The second kappa shape index (κ2) is 35.1. The van der Waals surface area contributed by atoms with Gasteiger partial charge in [-0.1, -0.05) is 413 Å². The zero-order chi connectivity index (χ0) is 92.5. The van der Waals surface area contributed by atoms with Crippen LogP contribution in [0.15, 0.2) is 546 Å². The van der Waals surface area contributed by atoms with Crippen molar-refractivity contribution in [3.05, 3.63) is 546 Å². The average Bonchev–Trinajstić information content (AvgIpc) is 1.58. The molecule has 0 saturated carbocycles. The number of fused-ring (bicyclic) bond motifs is 10. The van der Waals surface area contributed by atoms with Gasteiger partial charge in [-0.15, -0.1) is 0 Å². The molecule has 0 aliphatic carbocycles. The third kappa shape index (κ3) is 14.8. The molecule has 2 aromatic heterocycles. The molecule has 26 rings (SSSR count). The number of anilines is 6. The highest BCUT2D eigenvalue weighted by molar-refractivity contribution is 6.18. The Labute approximate surface area is 813 Å². The van der Waals surface area contributed by atoms with Crippen molar-refractivity contribution < 1.29 is 0 Å². The predicted octanol–water partition coefficient (Wildman–Crippen LogP) is 37.8. The van der Waals surface area contributed by atoms with Crippen molar-refractivity contribution in [2.45, 2.75) is 0 Å². The minimum atomic E-state index is 1.05. The first-order valence-corrected chi connectivity index (χ1v) is 48.2. The topological polar surface area (TPSA) is 16.3 Å². The minimum Gasteiger partial charge on any atom is -0.310 e. The lowest BCUT2D eigenvalue weighted by atomic mass is 9.92. The third-order valence-corrected chi connectivity index (χ3v) is 28.5. The van der Waals surface area contributed by atoms with E-state index in [-0.39, 0.29) is 0 Å². The number of rotatable bonds is 19. The van der Waals surface area contributed by atoms with Crippen LogP contribution in [-0.4, -0.2) is 9.13 Å². The Morgan fingerprint density at radius 3 is 0.929 bits per heavy atom. The second-order valence-electron chi connectivity index (χ2n) is 36.6. The molecular weight excluding hydrogens is 1690 g/mol. The summed E-state index contributed by atoms with van der Waals surface area (Å²) in [5.74, 6) is 0. The molecule has 0 unspecified atom stereocenters. The predicted molar refractivity (Wildman–Crippen MR) is 594 cm³/mol. The van der Waals surface area contributed by atoms with Gasteiger partial charge in [-0.3, -0.25) is 0 Å². The Morgan fingerprint density at radius 1 is 0.129 bits per heavy atom. The van der Waals surface area contributed by atoms with Crippen LogP contribution >= 0.6 is 0 Å². The quantitative estimate of drug-likeness (QED) is 0.0802. The molecule has 2 heterocycles. The van der Waals surface area contributed by atoms with Gasteiger partial charge in [0.15, 0.2) is 0 Å². The normalized spacial score (nSPS) is 11.6. The summed E-state index contributed by atoms with van der Waals surface area (Å²) >= 11 is 0. The summed E-state index contributed by atoms with van der Waals surface area (Å²) in [6.45, 7) is 0. The van der Waals surface area contributed by atoms with Gasteiger partial charge in [0, 0.05) is 66.8 Å². The van der Waals surface area contributed by atoms with Crippen molar-refractivity contribution in [1.82, 2.24) is 9.13 Å². The van der Waals surface area contributed by atoms with E-state index in [2.05, 4.69) is 565 Å². The maximum Gasteiger partial charge on any atom is 0.0547 e. The van der Waals surface area contributed by atoms with Gasteiger partial charge in [-0.05, 0) is 288 Å². The van der Waals surface area contributed by atoms with E-state index in [1.807, 2.05) is 0 Å². The van der Waals surface area contributed by atoms with Crippen LogP contribution in [0.3, 0.4) is 0 Å². The van der Waals surface area contributed by atoms with Crippen LogP contribution in [-0.2, 0) is 0 Å². The van der Waals surface area contributed by atoms with E-state index in [0.717, 1.165) is 140 Å². The molecule has 0 aliphatic rings. The molecule has 0 saturated heterocycles. The number of nitrogens with zero attached hydrogens (tertiary/aromatic N) is 4. The van der Waals surface area contributed by atoms with Crippen molar-refractivity contribution in [3.63, 3.8) is 0 Å². The van der Waals surface area contributed by atoms with Crippen molar-refractivity contribution >= 4 is 121 Å². The number of hydrogen-bond donors (Lipinski definition) is 0. The summed E-state index contributed by atoms with van der Waals surface area (Å²) in [6, 6.07) is 201. The Bertz CT molecular complexity index is 9090. The lowest BCUT2D eigenvalue weighted by molar-refractivity contribution is 1.18. The molecule has 24 aromatic carbocycles. The van der Waals surface area contributed by atoms with Crippen LogP contribution in [0.1, 0.15) is 0 Å². The minimum absolute atomic E-state index is 1.05. The maximum atomic E-state index is 2.47. The summed E-state index contributed by atoms with van der Waals surface area (Å²) in [6.07, 6.45) is 0. The molecule has 4 nitrogen and oxygen atoms in total. The van der Waals surface area contributed by atoms with Gasteiger partial charge in [0.2, 0.25) is 0 Å². The lowest BCUT2D eigenvalue weighted by Gasteiger charge is -2.28. The summed E-state index contributed by atoms with van der Waals surface area (Å²) in [5.41, 5.74) is 38.9. The maximum absolute atomic E-state index is 2.47. The first kappa shape index (κ1) is 82.2. The Balaban J connectivity index is 0.510. The monoisotopic (exact) mass is 1780 g/mol. The van der Waals surface area contributed by atoms with Crippen LogP contribution in [0.25, 0.3) is 220 Å². The van der Waals surface area contributed by atoms with Crippen molar-refractivity contribution in [2.24, 2.45) is 0 Å². The summed E-state index contributed by atoms with van der Waals surface area (Å²) < 4.78 is 4.87. The molecule has 0 spiro atoms. The molecule has 0 bridgehead atoms. The Hall–Kier alpha value is -18.5. The van der Waals surface area contributed by atoms with Gasteiger partial charge in [-0.2, -0.15) is 0 Å². The molecule has 0 aliphatic heterocycles. The molecule has 140 heavy (non-hydrogen) atoms. The van der Waals surface area contributed by atoms with Crippen LogP contribution in [0, 0.1) is 0 Å². The first-order valence-electron chi connectivity index (χ1n) is 48.2. The molecule has 0 fully saturated rings. The molecule has 4 heteroatoms. The largest absolute Gasteiger partial charge is 0.310 e. The average molecular weight is 1780 g/mol. The lowest BCUT2D eigenvalue weighted by Crippen LogP contribution is -2.11. The van der Waals surface area contributed by atoms with E-state index in [1.54, 1.807) is 0 Å². The number of hydrogen-bond acceptors (Lipinski definition) is 2. The van der Waals surface area contributed by atoms with Gasteiger partial charge in [-0.25, -0.2) is 0 Å². The summed E-state index contributed by atoms with van der Waals surface area (Å²) in [4.78, 5) is 4.86. The van der Waals surface area contributed by atoms with Crippen molar-refractivity contribution in [3.8, 4) is 134 Å². The Morgan fingerprint density at radius 2 is 0.436 bits per heavy atom. The molecule has 0 radical (unpaired) electrons. The molecule has 26 aromatic rings. The number of benzene rings is 24. The van der Waals surface area contributed by atoms with E-state index in [9.17, 15) is 0 Å². The fourth-order valence-electron chi connectivity index (χ4n) is 21.8. The van der Waals surface area contributed by atoms with Crippen molar-refractivity contribution in [2.75, 3.05) is 9.80 Å². The van der Waals surface area contributed by atoms with Crippen LogP contribution in [0.2, 0.25) is 0 Å². The smallest absolute Gasteiger partial charge is 0.0547 e. The summed E-state index contributed by atoms with van der Waals surface area (Å²) in [5, 5.41) is 14.6. The molecule has 0 atom stereocenters. The fourth-order valence-corrected chi connectivity index (χ4v) is 21.8. The highest BCUT2D eigenvalue weighted by atomic mass is 15.2. The zero-order valence-corrected chi connectivity index (χ0v) is 76.8. The highest BCUT2D eigenvalue weighted by Crippen LogP contribution is 2.50. The van der Waals surface area contributed by atoms with E-state index in [0.29, 0.717) is 0 Å². The molecule has 654 valence electrons. The fraction of sp³-hybridized carbons (Fsp3) is 0. The van der Waals surface area contributed by atoms with Crippen molar-refractivity contribution in [1.29, 1.82) is 0 Å². The molecule has 0 amide bonds. The second-order valence-corrected chi connectivity index (χ2v) is 36.6. The van der Waals surface area contributed by atoms with Gasteiger partial charge in [0.25, 0.3) is 0 Å². The SMILES string of the molecule is c1ccc(-n2c3ccccc3c3c(-c4cccc(-c5ccccc5N(c5ccc(-c6ccc(-c7cc(-c8cccc(-n9c%10ccccc%10c%10c(-c%11cccc(-c%12ccccc%12N(c%12ccc(-c%13ccc(-c%14cccc%15ccccc%14%15)cc%13)cc%12)c%12ccc(-c%13ccc(-c%14cccc%15ccccc%14%15)cc%13)cc%12)c%11)cccc%109)c8)cc8ccccc78)cc6)cc5)c5ccc6ccccc6c5)c4)cccc32)cc1. The van der Waals surface area contributed by atoms with Gasteiger partial charge >= 0.3 is 0 Å². The molecule has 0 N–H and O–H groups in total. The highest BCUT2D eigenvalue weighted by Gasteiger charge is 2.26. The van der Waals surface area contributed by atoms with E-state index in [1.165, 1.54) is 115 Å². The van der Waals surface area contributed by atoms with Gasteiger partial charge in [0.1, 0.15) is 0 Å². The number of aromatic nitrogens is 2. The van der Waals surface area contributed by atoms with Crippen LogP contribution < -0.4 is 9.80 Å². The van der Waals surface area contributed by atoms with E-state index in [4.69, 9.17) is 0 Å². The van der Waals surface area contributed by atoms with Gasteiger partial charge in [0.05, 0.1) is 33.4 Å². The van der Waals surface area contributed by atoms with Gasteiger partial charge < -0.3 is 18.9 Å². The zero-order valence-electron chi connectivity index (χ0n) is 76.8. The van der Waals surface area contributed by atoms with Crippen LogP contribution in [0.5, 0.6) is 0 Å². The van der Waals surface area contributed by atoms with E-state index >= 15 is 0 Å². The van der Waals surface area contributed by atoms with Crippen LogP contribution in [0.4, 0.5) is 34.1 Å². The molecular formula is C136H90N4. The first-order chi connectivity index (χ1) is 69.4.